The molecule has 2 rings (SSSR count). The molecule has 0 bridgehead atoms. The van der Waals surface area contributed by atoms with E-state index in [9.17, 15) is 5.11 Å². The average molecular weight is 191 g/mol. The summed E-state index contributed by atoms with van der Waals surface area (Å²) in [7, 11) is 0. The van der Waals surface area contributed by atoms with Crippen LogP contribution in [-0.2, 0) is 0 Å². The van der Waals surface area contributed by atoms with Gasteiger partial charge in [0.2, 0.25) is 0 Å². The number of aliphatic hydroxyl groups excluding tert-OH is 1. The Labute approximate surface area is 85.0 Å². The van der Waals surface area contributed by atoms with Crippen LogP contribution in [0.1, 0.15) is 43.8 Å². The molecule has 1 atom stereocenters. The molecular weight excluding hydrogens is 174 g/mol. The molecule has 0 aliphatic heterocycles. The Bertz CT molecular complexity index is 267. The first-order valence-electron chi connectivity index (χ1n) is 5.46. The summed E-state index contributed by atoms with van der Waals surface area (Å²) in [5, 5.41) is 10.1. The van der Waals surface area contributed by atoms with E-state index in [4.69, 9.17) is 0 Å². The number of pyridine rings is 1. The van der Waals surface area contributed by atoms with E-state index in [1.54, 1.807) is 12.4 Å². The Morgan fingerprint density at radius 3 is 2.43 bits per heavy atom. The molecule has 1 aromatic heterocycles. The fraction of sp³-hybridized carbons (Fsp3) is 0.583. The van der Waals surface area contributed by atoms with Gasteiger partial charge in [-0.25, -0.2) is 0 Å². The molecule has 0 spiro atoms. The highest BCUT2D eigenvalue weighted by atomic mass is 16.3. The summed E-state index contributed by atoms with van der Waals surface area (Å²) >= 11 is 0. The molecule has 1 aromatic rings. The van der Waals surface area contributed by atoms with E-state index in [2.05, 4.69) is 4.98 Å². The standard InChI is InChI=1S/C12H17NO/c14-12(10-4-2-1-3-5-10)11-6-8-13-9-7-11/h6-10,12,14H,1-5H2. The second-order valence-corrected chi connectivity index (χ2v) is 4.12. The van der Waals surface area contributed by atoms with E-state index < -0.39 is 0 Å². The third-order valence-corrected chi connectivity index (χ3v) is 3.14. The van der Waals surface area contributed by atoms with Gasteiger partial charge < -0.3 is 5.11 Å². The largest absolute Gasteiger partial charge is 0.388 e. The van der Waals surface area contributed by atoms with E-state index in [1.807, 2.05) is 12.1 Å². The third kappa shape index (κ3) is 2.13. The second-order valence-electron chi connectivity index (χ2n) is 4.12. The lowest BCUT2D eigenvalue weighted by Crippen LogP contribution is -2.15. The zero-order valence-corrected chi connectivity index (χ0v) is 8.39. The van der Waals surface area contributed by atoms with E-state index in [0.29, 0.717) is 5.92 Å². The number of nitrogens with zero attached hydrogens (tertiary/aromatic N) is 1. The van der Waals surface area contributed by atoms with Gasteiger partial charge in [0.25, 0.3) is 0 Å². The maximum Gasteiger partial charge on any atom is 0.0819 e. The van der Waals surface area contributed by atoms with Crippen molar-refractivity contribution in [2.75, 3.05) is 0 Å². The quantitative estimate of drug-likeness (QED) is 0.779. The van der Waals surface area contributed by atoms with Gasteiger partial charge in [0, 0.05) is 12.4 Å². The van der Waals surface area contributed by atoms with Crippen LogP contribution in [-0.4, -0.2) is 10.1 Å². The first-order chi connectivity index (χ1) is 6.88. The number of aromatic nitrogens is 1. The van der Waals surface area contributed by atoms with Crippen molar-refractivity contribution in [2.45, 2.75) is 38.2 Å². The van der Waals surface area contributed by atoms with Crippen molar-refractivity contribution >= 4 is 0 Å². The molecule has 2 heteroatoms. The predicted octanol–water partition coefficient (Wildman–Crippen LogP) is 2.70. The van der Waals surface area contributed by atoms with Crippen molar-refractivity contribution in [1.29, 1.82) is 0 Å². The molecule has 76 valence electrons. The summed E-state index contributed by atoms with van der Waals surface area (Å²) in [4.78, 5) is 3.96. The molecule has 1 N–H and O–H groups in total. The fourth-order valence-electron chi connectivity index (χ4n) is 2.28. The Morgan fingerprint density at radius 2 is 1.79 bits per heavy atom. The zero-order chi connectivity index (χ0) is 9.80. The highest BCUT2D eigenvalue weighted by molar-refractivity contribution is 5.13. The van der Waals surface area contributed by atoms with E-state index >= 15 is 0 Å². The maximum atomic E-state index is 10.1. The van der Waals surface area contributed by atoms with Gasteiger partial charge in [0.1, 0.15) is 0 Å². The van der Waals surface area contributed by atoms with Crippen LogP contribution in [0.5, 0.6) is 0 Å². The van der Waals surface area contributed by atoms with E-state index in [0.717, 1.165) is 5.56 Å². The van der Waals surface area contributed by atoms with E-state index in [-0.39, 0.29) is 6.10 Å². The van der Waals surface area contributed by atoms with Crippen LogP contribution in [0.4, 0.5) is 0 Å². The average Bonchev–Trinajstić information content (AvgIpc) is 2.30. The summed E-state index contributed by atoms with van der Waals surface area (Å²) < 4.78 is 0. The van der Waals surface area contributed by atoms with Gasteiger partial charge in [-0.1, -0.05) is 19.3 Å². The lowest BCUT2D eigenvalue weighted by atomic mass is 9.83. The topological polar surface area (TPSA) is 33.1 Å². The van der Waals surface area contributed by atoms with Crippen LogP contribution < -0.4 is 0 Å². The van der Waals surface area contributed by atoms with Crippen molar-refractivity contribution < 1.29 is 5.11 Å². The minimum absolute atomic E-state index is 0.279. The van der Waals surface area contributed by atoms with Crippen molar-refractivity contribution in [3.63, 3.8) is 0 Å². The SMILES string of the molecule is OC(c1ccncc1)C1CCCCC1. The molecule has 1 unspecified atom stereocenters. The summed E-state index contributed by atoms with van der Waals surface area (Å²) in [6.45, 7) is 0. The lowest BCUT2D eigenvalue weighted by molar-refractivity contribution is 0.0848. The minimum atomic E-state index is -0.279. The monoisotopic (exact) mass is 191 g/mol. The molecule has 2 nitrogen and oxygen atoms in total. The lowest BCUT2D eigenvalue weighted by Gasteiger charge is -2.26. The molecule has 0 aromatic carbocycles. The Hall–Kier alpha value is -0.890. The smallest absolute Gasteiger partial charge is 0.0819 e. The number of hydrogen-bond donors (Lipinski definition) is 1. The Kier molecular flexibility index (Phi) is 3.14. The zero-order valence-electron chi connectivity index (χ0n) is 8.39. The number of hydrogen-bond acceptors (Lipinski definition) is 2. The summed E-state index contributed by atoms with van der Waals surface area (Å²) in [6.07, 6.45) is 9.44. The van der Waals surface area contributed by atoms with Crippen LogP contribution in [0, 0.1) is 5.92 Å². The van der Waals surface area contributed by atoms with Gasteiger partial charge in [0.05, 0.1) is 6.10 Å². The summed E-state index contributed by atoms with van der Waals surface area (Å²) in [6, 6.07) is 3.83. The van der Waals surface area contributed by atoms with Gasteiger partial charge in [-0.05, 0) is 36.5 Å². The minimum Gasteiger partial charge on any atom is -0.388 e. The molecule has 1 aliphatic rings. The molecule has 0 saturated heterocycles. The highest BCUT2D eigenvalue weighted by Gasteiger charge is 2.22. The van der Waals surface area contributed by atoms with Gasteiger partial charge in [0.15, 0.2) is 0 Å². The normalized spacial score (nSPS) is 20.6. The molecule has 1 heterocycles. The van der Waals surface area contributed by atoms with Gasteiger partial charge in [-0.2, -0.15) is 0 Å². The third-order valence-electron chi connectivity index (χ3n) is 3.14. The Balaban J connectivity index is 2.03. The molecule has 0 radical (unpaired) electrons. The van der Waals surface area contributed by atoms with Gasteiger partial charge >= 0.3 is 0 Å². The number of rotatable bonds is 2. The summed E-state index contributed by atoms with van der Waals surface area (Å²) in [5.41, 5.74) is 1.02. The van der Waals surface area contributed by atoms with Crippen LogP contribution in [0.15, 0.2) is 24.5 Å². The summed E-state index contributed by atoms with van der Waals surface area (Å²) in [5.74, 6) is 0.464. The second kappa shape index (κ2) is 4.56. The molecule has 14 heavy (non-hydrogen) atoms. The van der Waals surface area contributed by atoms with Crippen LogP contribution >= 0.6 is 0 Å². The first kappa shape index (κ1) is 9.66. The molecule has 1 fully saturated rings. The maximum absolute atomic E-state index is 10.1. The van der Waals surface area contributed by atoms with Crippen molar-refractivity contribution in [3.8, 4) is 0 Å². The molecular formula is C12H17NO. The number of aliphatic hydroxyl groups is 1. The molecule has 1 aliphatic carbocycles. The van der Waals surface area contributed by atoms with Crippen molar-refractivity contribution in [3.05, 3.63) is 30.1 Å². The molecule has 0 amide bonds. The first-order valence-corrected chi connectivity index (χ1v) is 5.46. The highest BCUT2D eigenvalue weighted by Crippen LogP contribution is 2.33. The van der Waals surface area contributed by atoms with Crippen molar-refractivity contribution in [2.24, 2.45) is 5.92 Å². The van der Waals surface area contributed by atoms with Crippen LogP contribution in [0.2, 0.25) is 0 Å². The molecule has 1 saturated carbocycles. The van der Waals surface area contributed by atoms with Crippen LogP contribution in [0.3, 0.4) is 0 Å². The van der Waals surface area contributed by atoms with Gasteiger partial charge in [-0.15, -0.1) is 0 Å². The fourth-order valence-corrected chi connectivity index (χ4v) is 2.28. The van der Waals surface area contributed by atoms with Crippen LogP contribution in [0.25, 0.3) is 0 Å². The Morgan fingerprint density at radius 1 is 1.14 bits per heavy atom. The predicted molar refractivity (Wildman–Crippen MR) is 55.8 cm³/mol. The van der Waals surface area contributed by atoms with Gasteiger partial charge in [-0.3, -0.25) is 4.98 Å². The van der Waals surface area contributed by atoms with Crippen molar-refractivity contribution in [1.82, 2.24) is 4.98 Å². The van der Waals surface area contributed by atoms with E-state index in [1.165, 1.54) is 32.1 Å².